The quantitative estimate of drug-likeness (QED) is 0.761. The van der Waals surface area contributed by atoms with Crippen molar-refractivity contribution in [2.75, 3.05) is 5.32 Å². The number of hydrogen-bond donors (Lipinski definition) is 2. The summed E-state index contributed by atoms with van der Waals surface area (Å²) in [6.45, 7) is 0. The number of phenolic OH excluding ortho intramolecular Hbond substituents is 1. The largest absolute Gasteiger partial charge is 0.508 e. The lowest BCUT2D eigenvalue weighted by atomic mass is 9.90. The molecule has 120 valence electrons. The van der Waals surface area contributed by atoms with Crippen molar-refractivity contribution in [2.24, 2.45) is 0 Å². The number of nitrogens with one attached hydrogen (secondary N) is 1. The van der Waals surface area contributed by atoms with Crippen LogP contribution in [0.15, 0.2) is 54.9 Å². The van der Waals surface area contributed by atoms with Crippen molar-refractivity contribution >= 4 is 11.7 Å². The zero-order chi connectivity index (χ0) is 16.7. The van der Waals surface area contributed by atoms with E-state index in [4.69, 9.17) is 0 Å². The van der Waals surface area contributed by atoms with E-state index >= 15 is 0 Å². The van der Waals surface area contributed by atoms with Crippen LogP contribution < -0.4 is 5.32 Å². The molecular weight excluding hydrogens is 309 g/mol. The molecule has 1 aliphatic rings. The predicted molar refractivity (Wildman–Crippen MR) is 86.7 cm³/mol. The first-order valence-electron chi connectivity index (χ1n) is 7.54. The molecule has 2 N–H and O–H groups in total. The van der Waals surface area contributed by atoms with E-state index in [2.05, 4.69) is 10.3 Å². The summed E-state index contributed by atoms with van der Waals surface area (Å²) < 4.78 is 15.6. The van der Waals surface area contributed by atoms with E-state index in [0.717, 1.165) is 5.56 Å². The van der Waals surface area contributed by atoms with Gasteiger partial charge in [0.05, 0.1) is 11.4 Å². The molecule has 2 aromatic carbocycles. The third-order valence-electron chi connectivity index (χ3n) is 4.18. The maximum absolute atomic E-state index is 14.1. The molecule has 4 rings (SSSR count). The van der Waals surface area contributed by atoms with Gasteiger partial charge in [-0.25, -0.2) is 9.37 Å². The van der Waals surface area contributed by atoms with Gasteiger partial charge in [-0.15, -0.1) is 0 Å². The maximum atomic E-state index is 14.1. The molecule has 0 bridgehead atoms. The molecule has 0 saturated heterocycles. The van der Waals surface area contributed by atoms with Crippen LogP contribution in [0.2, 0.25) is 0 Å². The molecule has 3 aromatic rings. The second-order valence-electron chi connectivity index (χ2n) is 5.70. The van der Waals surface area contributed by atoms with Crippen molar-refractivity contribution in [2.45, 2.75) is 12.3 Å². The topological polar surface area (TPSA) is 67.1 Å². The monoisotopic (exact) mass is 323 g/mol. The number of benzene rings is 2. The van der Waals surface area contributed by atoms with E-state index < -0.39 is 5.82 Å². The zero-order valence-corrected chi connectivity index (χ0v) is 12.6. The van der Waals surface area contributed by atoms with Gasteiger partial charge in [0, 0.05) is 12.3 Å². The first kappa shape index (κ1) is 14.4. The number of phenols is 1. The lowest BCUT2D eigenvalue weighted by Crippen LogP contribution is -2.25. The molecule has 0 radical (unpaired) electrons. The number of carbonyl (C=O) groups is 1. The van der Waals surface area contributed by atoms with Gasteiger partial charge < -0.3 is 10.4 Å². The molecule has 0 spiro atoms. The number of para-hydroxylation sites is 1. The summed E-state index contributed by atoms with van der Waals surface area (Å²) in [6.07, 6.45) is 1.77. The molecule has 0 aliphatic carbocycles. The first-order valence-corrected chi connectivity index (χ1v) is 7.54. The fourth-order valence-corrected chi connectivity index (χ4v) is 3.02. The molecule has 1 aromatic heterocycles. The average Bonchev–Trinajstić information content (AvgIpc) is 2.99. The summed E-state index contributed by atoms with van der Waals surface area (Å²) in [7, 11) is 0. The van der Waals surface area contributed by atoms with Crippen molar-refractivity contribution in [3.05, 3.63) is 71.9 Å². The van der Waals surface area contributed by atoms with Crippen LogP contribution in [0.3, 0.4) is 0 Å². The Morgan fingerprint density at radius 3 is 2.67 bits per heavy atom. The smallest absolute Gasteiger partial charge is 0.226 e. The highest BCUT2D eigenvalue weighted by Gasteiger charge is 2.31. The van der Waals surface area contributed by atoms with E-state index in [1.807, 2.05) is 0 Å². The van der Waals surface area contributed by atoms with Crippen molar-refractivity contribution in [1.82, 2.24) is 9.55 Å². The van der Waals surface area contributed by atoms with Gasteiger partial charge in [0.1, 0.15) is 23.7 Å². The van der Waals surface area contributed by atoms with Crippen LogP contribution in [-0.2, 0) is 4.79 Å². The van der Waals surface area contributed by atoms with Gasteiger partial charge in [-0.3, -0.25) is 9.36 Å². The number of amides is 1. The molecule has 1 atom stereocenters. The summed E-state index contributed by atoms with van der Waals surface area (Å²) >= 11 is 0. The number of rotatable bonds is 2. The second-order valence-corrected chi connectivity index (χ2v) is 5.70. The summed E-state index contributed by atoms with van der Waals surface area (Å²) in [5.41, 5.74) is 1.89. The number of imidazole rings is 1. The Hall–Kier alpha value is -3.15. The lowest BCUT2D eigenvalue weighted by molar-refractivity contribution is -0.116. The van der Waals surface area contributed by atoms with Crippen LogP contribution in [-0.4, -0.2) is 20.6 Å². The van der Waals surface area contributed by atoms with E-state index in [1.165, 1.54) is 12.4 Å². The molecular formula is C18H14FN3O2. The number of aromatic hydroxyl groups is 1. The number of nitrogens with zero attached hydrogens (tertiary/aromatic N) is 2. The molecule has 0 fully saturated rings. The normalized spacial score (nSPS) is 16.5. The summed E-state index contributed by atoms with van der Waals surface area (Å²) in [5, 5.41) is 12.2. The minimum absolute atomic E-state index is 0.154. The Morgan fingerprint density at radius 2 is 1.92 bits per heavy atom. The highest BCUT2D eigenvalue weighted by molar-refractivity contribution is 5.94. The minimum atomic E-state index is -0.390. The van der Waals surface area contributed by atoms with Crippen LogP contribution in [0, 0.1) is 5.82 Å². The second kappa shape index (κ2) is 5.49. The summed E-state index contributed by atoms with van der Waals surface area (Å²) in [4.78, 5) is 16.6. The van der Waals surface area contributed by atoms with E-state index in [-0.39, 0.29) is 24.0 Å². The van der Waals surface area contributed by atoms with Crippen LogP contribution in [0.5, 0.6) is 5.75 Å². The molecule has 6 heteroatoms. The van der Waals surface area contributed by atoms with Gasteiger partial charge in [0.2, 0.25) is 5.91 Å². The van der Waals surface area contributed by atoms with E-state index in [9.17, 15) is 14.3 Å². The molecule has 1 aliphatic heterocycles. The average molecular weight is 323 g/mol. The number of carbonyl (C=O) groups excluding carboxylic acids is 1. The van der Waals surface area contributed by atoms with Gasteiger partial charge in [-0.1, -0.05) is 24.3 Å². The molecule has 5 nitrogen and oxygen atoms in total. The number of aromatic nitrogens is 2. The molecule has 0 unspecified atom stereocenters. The van der Waals surface area contributed by atoms with Gasteiger partial charge >= 0.3 is 0 Å². The minimum Gasteiger partial charge on any atom is -0.508 e. The van der Waals surface area contributed by atoms with Crippen molar-refractivity contribution in [3.8, 4) is 11.4 Å². The SMILES string of the molecule is O=C1C[C@H](c2ccc(O)cc2)c2ncn(-c3ccccc3F)c2N1. The Bertz CT molecular complexity index is 918. The van der Waals surface area contributed by atoms with E-state index in [0.29, 0.717) is 17.2 Å². The first-order chi connectivity index (χ1) is 11.6. The van der Waals surface area contributed by atoms with Gasteiger partial charge in [-0.05, 0) is 29.8 Å². The van der Waals surface area contributed by atoms with Gasteiger partial charge in [0.15, 0.2) is 0 Å². The van der Waals surface area contributed by atoms with Crippen LogP contribution in [0.4, 0.5) is 10.2 Å². The fraction of sp³-hybridized carbons (Fsp3) is 0.111. The highest BCUT2D eigenvalue weighted by atomic mass is 19.1. The molecule has 24 heavy (non-hydrogen) atoms. The Morgan fingerprint density at radius 1 is 1.17 bits per heavy atom. The fourth-order valence-electron chi connectivity index (χ4n) is 3.02. The van der Waals surface area contributed by atoms with Gasteiger partial charge in [0.25, 0.3) is 0 Å². The standard InChI is InChI=1S/C18H14FN3O2/c19-14-3-1-2-4-15(14)22-10-20-17-13(9-16(24)21-18(17)22)11-5-7-12(23)8-6-11/h1-8,10,13,23H,9H2,(H,21,24)/t13-/m1/s1. The van der Waals surface area contributed by atoms with Crippen molar-refractivity contribution in [3.63, 3.8) is 0 Å². The number of fused-ring (bicyclic) bond motifs is 1. The molecule has 0 saturated carbocycles. The summed E-state index contributed by atoms with van der Waals surface area (Å²) in [6, 6.07) is 13.0. The molecule has 1 amide bonds. The third-order valence-corrected chi connectivity index (χ3v) is 4.18. The van der Waals surface area contributed by atoms with E-state index in [1.54, 1.807) is 47.0 Å². The van der Waals surface area contributed by atoms with Crippen molar-refractivity contribution < 1.29 is 14.3 Å². The van der Waals surface area contributed by atoms with Crippen LogP contribution in [0.25, 0.3) is 5.69 Å². The Labute approximate surface area is 137 Å². The van der Waals surface area contributed by atoms with Crippen molar-refractivity contribution in [1.29, 1.82) is 0 Å². The Kier molecular flexibility index (Phi) is 3.30. The third kappa shape index (κ3) is 2.32. The number of halogens is 1. The number of anilines is 1. The number of hydrogen-bond acceptors (Lipinski definition) is 3. The molecule has 2 heterocycles. The Balaban J connectivity index is 1.83. The van der Waals surface area contributed by atoms with Crippen LogP contribution >= 0.6 is 0 Å². The highest BCUT2D eigenvalue weighted by Crippen LogP contribution is 2.37. The lowest BCUT2D eigenvalue weighted by Gasteiger charge is -2.23. The predicted octanol–water partition coefficient (Wildman–Crippen LogP) is 3.19. The van der Waals surface area contributed by atoms with Gasteiger partial charge in [-0.2, -0.15) is 0 Å². The maximum Gasteiger partial charge on any atom is 0.226 e. The zero-order valence-electron chi connectivity index (χ0n) is 12.6. The summed E-state index contributed by atoms with van der Waals surface area (Å²) in [5.74, 6) is -0.134. The van der Waals surface area contributed by atoms with Crippen LogP contribution in [0.1, 0.15) is 23.6 Å².